The van der Waals surface area contributed by atoms with E-state index in [0.29, 0.717) is 5.92 Å². The molecule has 2 atom stereocenters. The molecule has 4 nitrogen and oxygen atoms in total. The van der Waals surface area contributed by atoms with Gasteiger partial charge in [-0.3, -0.25) is 4.79 Å². The van der Waals surface area contributed by atoms with Gasteiger partial charge >= 0.3 is 0 Å². The smallest absolute Gasteiger partial charge is 0.238 e. The predicted molar refractivity (Wildman–Crippen MR) is 66.1 cm³/mol. The van der Waals surface area contributed by atoms with Gasteiger partial charge in [-0.25, -0.2) is 0 Å². The fraction of sp³-hybridized carbons (Fsp3) is 0.917. The topological polar surface area (TPSA) is 58.4 Å². The molecule has 1 amide bonds. The van der Waals surface area contributed by atoms with Gasteiger partial charge in [-0.15, -0.1) is 0 Å². The summed E-state index contributed by atoms with van der Waals surface area (Å²) in [6.45, 7) is 4.24. The van der Waals surface area contributed by atoms with Gasteiger partial charge < -0.3 is 16.0 Å². The molecule has 0 bridgehead atoms. The minimum absolute atomic E-state index is 0.184. The molecule has 1 fully saturated rings. The first-order valence-electron chi connectivity index (χ1n) is 6.24. The van der Waals surface area contributed by atoms with E-state index in [4.69, 9.17) is 5.73 Å². The lowest BCUT2D eigenvalue weighted by Crippen LogP contribution is -2.56. The van der Waals surface area contributed by atoms with Crippen LogP contribution in [0.15, 0.2) is 0 Å². The summed E-state index contributed by atoms with van der Waals surface area (Å²) in [7, 11) is 3.97. The van der Waals surface area contributed by atoms with E-state index in [0.717, 1.165) is 38.8 Å². The number of likely N-dealkylation sites (N-methyl/N-ethyl adjacent to an activating group) is 1. The molecular formula is C12H25N3O. The molecule has 1 aliphatic carbocycles. The molecule has 1 aliphatic rings. The molecule has 0 spiro atoms. The van der Waals surface area contributed by atoms with Crippen LogP contribution in [0.1, 0.15) is 32.6 Å². The average Bonchev–Trinajstić information content (AvgIpc) is 2.69. The molecule has 1 saturated carbocycles. The second kappa shape index (κ2) is 5.64. The summed E-state index contributed by atoms with van der Waals surface area (Å²) in [6, 6.07) is 0. The van der Waals surface area contributed by atoms with Crippen molar-refractivity contribution in [2.75, 3.05) is 27.2 Å². The summed E-state index contributed by atoms with van der Waals surface area (Å²) < 4.78 is 0. The lowest BCUT2D eigenvalue weighted by Gasteiger charge is -2.33. The molecule has 0 heterocycles. The zero-order valence-electron chi connectivity index (χ0n) is 10.8. The Bertz CT molecular complexity index is 244. The van der Waals surface area contributed by atoms with Crippen molar-refractivity contribution in [3.63, 3.8) is 0 Å². The van der Waals surface area contributed by atoms with Gasteiger partial charge in [-0.2, -0.15) is 0 Å². The fourth-order valence-corrected chi connectivity index (χ4v) is 2.78. The van der Waals surface area contributed by atoms with Crippen LogP contribution in [0.4, 0.5) is 0 Å². The van der Waals surface area contributed by atoms with Crippen LogP contribution in [0.5, 0.6) is 0 Å². The summed E-state index contributed by atoms with van der Waals surface area (Å²) in [5, 5.41) is 3.18. The van der Waals surface area contributed by atoms with Crippen LogP contribution in [0.25, 0.3) is 0 Å². The molecule has 4 heteroatoms. The number of hydrogen-bond acceptors (Lipinski definition) is 3. The molecule has 0 aromatic rings. The third-order valence-electron chi connectivity index (χ3n) is 4.11. The zero-order chi connectivity index (χ0) is 12.2. The van der Waals surface area contributed by atoms with Crippen LogP contribution >= 0.6 is 0 Å². The molecule has 94 valence electrons. The highest BCUT2D eigenvalue weighted by Gasteiger charge is 2.46. The molecule has 16 heavy (non-hydrogen) atoms. The number of rotatable bonds is 6. The number of amides is 1. The van der Waals surface area contributed by atoms with Crippen LogP contribution in [-0.4, -0.2) is 43.5 Å². The molecule has 0 aromatic heterocycles. The summed E-state index contributed by atoms with van der Waals surface area (Å²) in [5.74, 6) is 0.209. The second-order valence-electron chi connectivity index (χ2n) is 4.86. The molecule has 0 saturated heterocycles. The second-order valence-corrected chi connectivity index (χ2v) is 4.86. The van der Waals surface area contributed by atoms with Crippen molar-refractivity contribution in [3.05, 3.63) is 0 Å². The van der Waals surface area contributed by atoms with Gasteiger partial charge in [0.1, 0.15) is 5.54 Å². The van der Waals surface area contributed by atoms with Gasteiger partial charge in [-0.1, -0.05) is 13.3 Å². The van der Waals surface area contributed by atoms with E-state index in [2.05, 4.69) is 24.2 Å². The van der Waals surface area contributed by atoms with E-state index in [9.17, 15) is 4.79 Å². The molecule has 0 aliphatic heterocycles. The van der Waals surface area contributed by atoms with E-state index in [-0.39, 0.29) is 5.91 Å². The van der Waals surface area contributed by atoms with Crippen LogP contribution in [0.2, 0.25) is 0 Å². The Morgan fingerprint density at radius 2 is 2.31 bits per heavy atom. The third kappa shape index (κ3) is 2.55. The van der Waals surface area contributed by atoms with Crippen LogP contribution < -0.4 is 11.1 Å². The maximum Gasteiger partial charge on any atom is 0.238 e. The Kier molecular flexibility index (Phi) is 4.74. The lowest BCUT2D eigenvalue weighted by atomic mass is 9.84. The van der Waals surface area contributed by atoms with E-state index >= 15 is 0 Å². The zero-order valence-corrected chi connectivity index (χ0v) is 10.8. The SMILES string of the molecule is CCN(C)CCC1CCCC1(NC)C(N)=O. The maximum absolute atomic E-state index is 11.6. The minimum atomic E-state index is -0.450. The average molecular weight is 227 g/mol. The van der Waals surface area contributed by atoms with E-state index in [1.165, 1.54) is 0 Å². The first-order chi connectivity index (χ1) is 7.56. The number of primary amides is 1. The van der Waals surface area contributed by atoms with Crippen molar-refractivity contribution >= 4 is 5.91 Å². The van der Waals surface area contributed by atoms with Gasteiger partial charge in [-0.05, 0) is 52.4 Å². The molecular weight excluding hydrogens is 202 g/mol. The van der Waals surface area contributed by atoms with Crippen molar-refractivity contribution < 1.29 is 4.79 Å². The highest BCUT2D eigenvalue weighted by Crippen LogP contribution is 2.37. The maximum atomic E-state index is 11.6. The van der Waals surface area contributed by atoms with E-state index in [1.54, 1.807) is 0 Å². The monoisotopic (exact) mass is 227 g/mol. The highest BCUT2D eigenvalue weighted by molar-refractivity contribution is 5.85. The number of carbonyl (C=O) groups excluding carboxylic acids is 1. The standard InChI is InChI=1S/C12H25N3O/c1-4-15(3)9-7-10-6-5-8-12(10,14-2)11(13)16/h10,14H,4-9H2,1-3H3,(H2,13,16). The van der Waals surface area contributed by atoms with Gasteiger partial charge in [0.2, 0.25) is 5.91 Å². The van der Waals surface area contributed by atoms with Gasteiger partial charge in [0.25, 0.3) is 0 Å². The fourth-order valence-electron chi connectivity index (χ4n) is 2.78. The largest absolute Gasteiger partial charge is 0.368 e. The number of carbonyl (C=O) groups is 1. The van der Waals surface area contributed by atoms with Crippen molar-refractivity contribution in [1.82, 2.24) is 10.2 Å². The number of hydrogen-bond donors (Lipinski definition) is 2. The van der Waals surface area contributed by atoms with Crippen molar-refractivity contribution in [2.24, 2.45) is 11.7 Å². The Labute approximate surface area is 98.6 Å². The predicted octanol–water partition coefficient (Wildman–Crippen LogP) is 0.572. The van der Waals surface area contributed by atoms with Gasteiger partial charge in [0, 0.05) is 0 Å². The normalized spacial score (nSPS) is 29.9. The summed E-state index contributed by atoms with van der Waals surface area (Å²) in [6.07, 6.45) is 4.15. The number of nitrogens with one attached hydrogen (secondary N) is 1. The van der Waals surface area contributed by atoms with E-state index < -0.39 is 5.54 Å². The quantitative estimate of drug-likeness (QED) is 0.697. The Morgan fingerprint density at radius 3 is 2.81 bits per heavy atom. The Hall–Kier alpha value is -0.610. The Balaban J connectivity index is 2.60. The van der Waals surface area contributed by atoms with Crippen LogP contribution in [0, 0.1) is 5.92 Å². The molecule has 0 aromatic carbocycles. The number of nitrogens with zero attached hydrogens (tertiary/aromatic N) is 1. The summed E-state index contributed by atoms with van der Waals surface area (Å²) >= 11 is 0. The Morgan fingerprint density at radius 1 is 1.62 bits per heavy atom. The first-order valence-corrected chi connectivity index (χ1v) is 6.24. The van der Waals surface area contributed by atoms with Crippen molar-refractivity contribution in [1.29, 1.82) is 0 Å². The minimum Gasteiger partial charge on any atom is -0.368 e. The van der Waals surface area contributed by atoms with E-state index in [1.807, 2.05) is 7.05 Å². The molecule has 1 rings (SSSR count). The lowest BCUT2D eigenvalue weighted by molar-refractivity contribution is -0.125. The van der Waals surface area contributed by atoms with Gasteiger partial charge in [0.05, 0.1) is 0 Å². The highest BCUT2D eigenvalue weighted by atomic mass is 16.1. The summed E-state index contributed by atoms with van der Waals surface area (Å²) in [4.78, 5) is 13.9. The van der Waals surface area contributed by atoms with Crippen molar-refractivity contribution in [2.45, 2.75) is 38.1 Å². The van der Waals surface area contributed by atoms with Crippen molar-refractivity contribution in [3.8, 4) is 0 Å². The molecule has 2 unspecified atom stereocenters. The molecule has 0 radical (unpaired) electrons. The van der Waals surface area contributed by atoms with Crippen LogP contribution in [0.3, 0.4) is 0 Å². The molecule has 3 N–H and O–H groups in total. The van der Waals surface area contributed by atoms with Crippen LogP contribution in [-0.2, 0) is 4.79 Å². The first kappa shape index (κ1) is 13.5. The number of nitrogens with two attached hydrogens (primary N) is 1. The van der Waals surface area contributed by atoms with Gasteiger partial charge in [0.15, 0.2) is 0 Å². The summed E-state index contributed by atoms with van der Waals surface area (Å²) in [5.41, 5.74) is 5.11. The third-order valence-corrected chi connectivity index (χ3v) is 4.11.